The van der Waals surface area contributed by atoms with Crippen molar-refractivity contribution < 1.29 is 9.90 Å². The van der Waals surface area contributed by atoms with E-state index in [1.54, 1.807) is 16.9 Å². The number of hydrogen-bond donors (Lipinski definition) is 1. The van der Waals surface area contributed by atoms with Crippen LogP contribution in [0.4, 0.5) is 0 Å². The largest absolute Gasteiger partial charge is 0.478 e. The number of nitrogens with zero attached hydrogens (tertiary/aromatic N) is 3. The van der Waals surface area contributed by atoms with Gasteiger partial charge in [-0.2, -0.15) is 0 Å². The second-order valence-electron chi connectivity index (χ2n) is 3.84. The van der Waals surface area contributed by atoms with Crippen molar-refractivity contribution in [2.75, 3.05) is 0 Å². The van der Waals surface area contributed by atoms with E-state index in [1.807, 2.05) is 6.92 Å². The maximum atomic E-state index is 11.0. The summed E-state index contributed by atoms with van der Waals surface area (Å²) in [5.41, 5.74) is 1.55. The number of carboxylic acid groups (broad SMARTS) is 1. The third kappa shape index (κ3) is 2.36. The molecule has 1 aromatic heterocycles. The fourth-order valence-corrected chi connectivity index (χ4v) is 1.91. The van der Waals surface area contributed by atoms with Gasteiger partial charge in [-0.25, -0.2) is 9.48 Å². The highest BCUT2D eigenvalue weighted by Gasteiger charge is 2.13. The van der Waals surface area contributed by atoms with Gasteiger partial charge in [0, 0.05) is 12.1 Å². The standard InChI is InChI=1S/C12H12ClN3O2/c1-2-5-16-11(7-14-15-16)9-6-8(12(17)18)3-4-10(9)13/h3-4,6-7H,2,5H2,1H3,(H,17,18). The van der Waals surface area contributed by atoms with Crippen molar-refractivity contribution in [1.82, 2.24) is 15.0 Å². The predicted molar refractivity (Wildman–Crippen MR) is 67.7 cm³/mol. The maximum Gasteiger partial charge on any atom is 0.335 e. The minimum atomic E-state index is -0.984. The summed E-state index contributed by atoms with van der Waals surface area (Å²) in [6.07, 6.45) is 2.50. The summed E-state index contributed by atoms with van der Waals surface area (Å²) in [4.78, 5) is 11.0. The summed E-state index contributed by atoms with van der Waals surface area (Å²) in [6.45, 7) is 2.74. The maximum absolute atomic E-state index is 11.0. The molecule has 0 aliphatic rings. The van der Waals surface area contributed by atoms with Gasteiger partial charge in [-0.15, -0.1) is 5.10 Å². The van der Waals surface area contributed by atoms with Crippen LogP contribution >= 0.6 is 11.6 Å². The van der Waals surface area contributed by atoms with Crippen LogP contribution < -0.4 is 0 Å². The molecule has 0 aliphatic heterocycles. The Hall–Kier alpha value is -1.88. The van der Waals surface area contributed by atoms with Crippen LogP contribution in [-0.4, -0.2) is 26.1 Å². The molecule has 0 saturated heterocycles. The highest BCUT2D eigenvalue weighted by atomic mass is 35.5. The third-order valence-corrected chi connectivity index (χ3v) is 2.87. The fourth-order valence-electron chi connectivity index (χ4n) is 1.70. The van der Waals surface area contributed by atoms with Crippen molar-refractivity contribution in [2.24, 2.45) is 0 Å². The van der Waals surface area contributed by atoms with E-state index >= 15 is 0 Å². The van der Waals surface area contributed by atoms with E-state index in [0.29, 0.717) is 17.1 Å². The Kier molecular flexibility index (Phi) is 3.62. The first-order valence-electron chi connectivity index (χ1n) is 5.55. The van der Waals surface area contributed by atoms with Gasteiger partial charge in [-0.1, -0.05) is 23.7 Å². The lowest BCUT2D eigenvalue weighted by molar-refractivity contribution is 0.0697. The van der Waals surface area contributed by atoms with Gasteiger partial charge in [-0.3, -0.25) is 0 Å². The summed E-state index contributed by atoms with van der Waals surface area (Å²) < 4.78 is 1.72. The lowest BCUT2D eigenvalue weighted by Gasteiger charge is -2.07. The van der Waals surface area contributed by atoms with Crippen molar-refractivity contribution in [2.45, 2.75) is 19.9 Å². The van der Waals surface area contributed by atoms with E-state index < -0.39 is 5.97 Å². The molecule has 0 unspecified atom stereocenters. The first-order chi connectivity index (χ1) is 8.63. The van der Waals surface area contributed by atoms with Gasteiger partial charge in [0.05, 0.1) is 22.5 Å². The zero-order valence-electron chi connectivity index (χ0n) is 9.80. The van der Waals surface area contributed by atoms with E-state index in [9.17, 15) is 4.79 Å². The van der Waals surface area contributed by atoms with Gasteiger partial charge in [0.25, 0.3) is 0 Å². The van der Waals surface area contributed by atoms with Crippen LogP contribution in [0.25, 0.3) is 11.3 Å². The number of aryl methyl sites for hydroxylation is 1. The molecule has 2 aromatic rings. The van der Waals surface area contributed by atoms with E-state index in [4.69, 9.17) is 16.7 Å². The van der Waals surface area contributed by atoms with Gasteiger partial charge < -0.3 is 5.11 Å². The smallest absolute Gasteiger partial charge is 0.335 e. The first kappa shape index (κ1) is 12.6. The minimum absolute atomic E-state index is 0.193. The zero-order chi connectivity index (χ0) is 13.1. The number of aromatic carboxylic acids is 1. The molecule has 0 fully saturated rings. The van der Waals surface area contributed by atoms with Gasteiger partial charge in [0.15, 0.2) is 0 Å². The van der Waals surface area contributed by atoms with Gasteiger partial charge in [0.2, 0.25) is 0 Å². The van der Waals surface area contributed by atoms with Crippen molar-refractivity contribution >= 4 is 17.6 Å². The molecule has 0 atom stereocenters. The fraction of sp³-hybridized carbons (Fsp3) is 0.250. The average molecular weight is 266 g/mol. The summed E-state index contributed by atoms with van der Waals surface area (Å²) in [5, 5.41) is 17.3. The van der Waals surface area contributed by atoms with Gasteiger partial charge in [0.1, 0.15) is 0 Å². The van der Waals surface area contributed by atoms with Crippen LogP contribution in [0, 0.1) is 0 Å². The Morgan fingerprint density at radius 1 is 1.50 bits per heavy atom. The Balaban J connectivity index is 2.52. The molecule has 94 valence electrons. The van der Waals surface area contributed by atoms with Crippen molar-refractivity contribution in [3.05, 3.63) is 35.0 Å². The van der Waals surface area contributed by atoms with Crippen LogP contribution in [0.1, 0.15) is 23.7 Å². The first-order valence-corrected chi connectivity index (χ1v) is 5.93. The average Bonchev–Trinajstić information content (AvgIpc) is 2.78. The molecule has 1 heterocycles. The SMILES string of the molecule is CCCn1nncc1-c1cc(C(=O)O)ccc1Cl. The molecule has 2 rings (SSSR count). The van der Waals surface area contributed by atoms with Crippen LogP contribution in [0.2, 0.25) is 5.02 Å². The van der Waals surface area contributed by atoms with E-state index in [-0.39, 0.29) is 5.56 Å². The van der Waals surface area contributed by atoms with Gasteiger partial charge in [-0.05, 0) is 24.6 Å². The lowest BCUT2D eigenvalue weighted by Crippen LogP contribution is -2.03. The second kappa shape index (κ2) is 5.18. The van der Waals surface area contributed by atoms with Crippen LogP contribution in [0.5, 0.6) is 0 Å². The number of carbonyl (C=O) groups is 1. The topological polar surface area (TPSA) is 68.0 Å². The highest BCUT2D eigenvalue weighted by molar-refractivity contribution is 6.33. The van der Waals surface area contributed by atoms with Crippen molar-refractivity contribution in [3.8, 4) is 11.3 Å². The normalized spacial score (nSPS) is 10.6. The molecule has 18 heavy (non-hydrogen) atoms. The highest BCUT2D eigenvalue weighted by Crippen LogP contribution is 2.28. The molecular weight excluding hydrogens is 254 g/mol. The van der Waals surface area contributed by atoms with E-state index in [1.165, 1.54) is 12.1 Å². The molecule has 0 aliphatic carbocycles. The summed E-state index contributed by atoms with van der Waals surface area (Å²) >= 11 is 6.10. The molecular formula is C12H12ClN3O2. The molecule has 0 spiro atoms. The number of rotatable bonds is 4. The van der Waals surface area contributed by atoms with Crippen LogP contribution in [0.3, 0.4) is 0 Å². The van der Waals surface area contributed by atoms with E-state index in [0.717, 1.165) is 12.1 Å². The number of carboxylic acids is 1. The number of hydrogen-bond acceptors (Lipinski definition) is 3. The monoisotopic (exact) mass is 265 g/mol. The summed E-state index contributed by atoms with van der Waals surface area (Å²) in [6, 6.07) is 4.58. The number of aromatic nitrogens is 3. The molecule has 0 bridgehead atoms. The molecule has 0 radical (unpaired) electrons. The number of benzene rings is 1. The Bertz CT molecular complexity index is 580. The number of halogens is 1. The van der Waals surface area contributed by atoms with E-state index in [2.05, 4.69) is 10.3 Å². The lowest BCUT2D eigenvalue weighted by atomic mass is 10.1. The Labute approximate surface area is 109 Å². The second-order valence-corrected chi connectivity index (χ2v) is 4.25. The Morgan fingerprint density at radius 3 is 2.94 bits per heavy atom. The summed E-state index contributed by atoms with van der Waals surface area (Å²) in [7, 11) is 0. The van der Waals surface area contributed by atoms with Crippen molar-refractivity contribution in [1.29, 1.82) is 0 Å². The predicted octanol–water partition coefficient (Wildman–Crippen LogP) is 2.71. The molecule has 0 amide bonds. The zero-order valence-corrected chi connectivity index (χ0v) is 10.6. The molecule has 0 saturated carbocycles. The minimum Gasteiger partial charge on any atom is -0.478 e. The van der Waals surface area contributed by atoms with Crippen molar-refractivity contribution in [3.63, 3.8) is 0 Å². The Morgan fingerprint density at radius 2 is 2.28 bits per heavy atom. The van der Waals surface area contributed by atoms with Crippen LogP contribution in [-0.2, 0) is 6.54 Å². The van der Waals surface area contributed by atoms with Crippen LogP contribution in [0.15, 0.2) is 24.4 Å². The quantitative estimate of drug-likeness (QED) is 0.923. The molecule has 6 heteroatoms. The summed E-state index contributed by atoms with van der Waals surface area (Å²) in [5.74, 6) is -0.984. The molecule has 1 N–H and O–H groups in total. The third-order valence-electron chi connectivity index (χ3n) is 2.54. The molecule has 1 aromatic carbocycles. The van der Waals surface area contributed by atoms with Gasteiger partial charge >= 0.3 is 5.97 Å². The molecule has 5 nitrogen and oxygen atoms in total.